The van der Waals surface area contributed by atoms with Crippen molar-refractivity contribution in [1.29, 1.82) is 0 Å². The van der Waals surface area contributed by atoms with Crippen molar-refractivity contribution in [1.82, 2.24) is 52.4 Å². The first-order valence-corrected chi connectivity index (χ1v) is 28.5. The summed E-state index contributed by atoms with van der Waals surface area (Å²) in [7, 11) is 0. The van der Waals surface area contributed by atoms with Crippen LogP contribution in [-0.2, 0) is 68.7 Å². The van der Waals surface area contributed by atoms with Crippen LogP contribution in [0.5, 0.6) is 0 Å². The number of benzene rings is 1. The number of para-hydroxylation sites is 1. The summed E-state index contributed by atoms with van der Waals surface area (Å²) in [5, 5.41) is 59.7. The predicted molar refractivity (Wildman–Crippen MR) is 306 cm³/mol. The van der Waals surface area contributed by atoms with Gasteiger partial charge in [0.05, 0.1) is 19.1 Å². The monoisotopic (exact) mass is 1200 g/mol. The third-order valence-corrected chi connectivity index (χ3v) is 14.4. The Hall–Kier alpha value is -8.21. The number of rotatable bonds is 36. The number of aliphatic hydroxyl groups is 1. The molecular formula is C56H86N12O17. The van der Waals surface area contributed by atoms with Crippen LogP contribution in [0.2, 0.25) is 0 Å². The third kappa shape index (κ3) is 22.4. The first-order chi connectivity index (χ1) is 39.9. The third-order valence-electron chi connectivity index (χ3n) is 14.4. The van der Waals surface area contributed by atoms with E-state index in [0.717, 1.165) is 4.90 Å². The number of amides is 10. The van der Waals surface area contributed by atoms with Gasteiger partial charge in [0.25, 0.3) is 0 Å². The molecule has 472 valence electrons. The van der Waals surface area contributed by atoms with Crippen LogP contribution in [0.3, 0.4) is 0 Å². The molecule has 85 heavy (non-hydrogen) atoms. The fourth-order valence-corrected chi connectivity index (χ4v) is 9.53. The molecule has 0 saturated carbocycles. The maximum absolute atomic E-state index is 14.3. The van der Waals surface area contributed by atoms with Crippen LogP contribution in [0, 0.1) is 23.7 Å². The lowest BCUT2D eigenvalue weighted by atomic mass is 9.96. The van der Waals surface area contributed by atoms with Crippen LogP contribution in [0.25, 0.3) is 10.9 Å². The van der Waals surface area contributed by atoms with Crippen LogP contribution in [0.1, 0.15) is 125 Å². The first kappa shape index (κ1) is 71.1. The lowest BCUT2D eigenvalue weighted by Crippen LogP contribution is -2.62. The van der Waals surface area contributed by atoms with Crippen LogP contribution in [-0.4, -0.2) is 181 Å². The molecule has 1 aliphatic rings. The minimum absolute atomic E-state index is 0.00594. The van der Waals surface area contributed by atoms with Gasteiger partial charge in [-0.05, 0) is 73.8 Å². The number of fused-ring (bicyclic) bond motifs is 1. The number of likely N-dealkylation sites (tertiary alicyclic amines) is 1. The summed E-state index contributed by atoms with van der Waals surface area (Å²) in [5.74, 6) is -14.8. The highest BCUT2D eigenvalue weighted by atomic mass is 16.4. The number of hydrogen-bond donors (Lipinski definition) is 15. The molecule has 10 amide bonds. The topological polar surface area (TPSA) is 470 Å². The number of carboxylic acids is 3. The van der Waals surface area contributed by atoms with Gasteiger partial charge in [0.15, 0.2) is 0 Å². The van der Waals surface area contributed by atoms with Crippen molar-refractivity contribution in [2.24, 2.45) is 35.1 Å². The van der Waals surface area contributed by atoms with E-state index in [1.165, 1.54) is 0 Å². The van der Waals surface area contributed by atoms with Crippen LogP contribution < -0.4 is 54.0 Å². The number of nitrogens with two attached hydrogens (primary N) is 2. The number of carbonyl (C=O) groups is 13. The number of primary amides is 1. The van der Waals surface area contributed by atoms with Crippen LogP contribution in [0.15, 0.2) is 30.5 Å². The minimum atomic E-state index is -1.75. The van der Waals surface area contributed by atoms with Gasteiger partial charge in [0, 0.05) is 42.9 Å². The second-order valence-electron chi connectivity index (χ2n) is 22.6. The van der Waals surface area contributed by atoms with Crippen molar-refractivity contribution in [2.75, 3.05) is 13.2 Å². The average Bonchev–Trinajstić information content (AvgIpc) is 3.02. The highest BCUT2D eigenvalue weighted by molar-refractivity contribution is 5.99. The summed E-state index contributed by atoms with van der Waals surface area (Å²) < 4.78 is 0. The van der Waals surface area contributed by atoms with Gasteiger partial charge >= 0.3 is 17.9 Å². The lowest BCUT2D eigenvalue weighted by Gasteiger charge is -2.32. The molecule has 1 aromatic carbocycles. The molecule has 29 heteroatoms. The van der Waals surface area contributed by atoms with E-state index in [-0.39, 0.29) is 56.9 Å². The van der Waals surface area contributed by atoms with Crippen molar-refractivity contribution in [3.8, 4) is 0 Å². The van der Waals surface area contributed by atoms with Gasteiger partial charge in [-0.25, -0.2) is 4.79 Å². The molecule has 2 heterocycles. The molecule has 0 aliphatic carbocycles. The zero-order valence-electron chi connectivity index (χ0n) is 49.4. The molecule has 17 N–H and O–H groups in total. The van der Waals surface area contributed by atoms with E-state index in [1.54, 1.807) is 85.9 Å². The molecule has 0 unspecified atom stereocenters. The Morgan fingerprint density at radius 3 is 1.67 bits per heavy atom. The maximum Gasteiger partial charge on any atom is 0.326 e. The Labute approximate surface area is 492 Å². The molecule has 1 aliphatic heterocycles. The van der Waals surface area contributed by atoms with Crippen LogP contribution in [0.4, 0.5) is 0 Å². The number of aliphatic carboxylic acids is 3. The number of aromatic nitrogens is 1. The van der Waals surface area contributed by atoms with Crippen molar-refractivity contribution in [3.05, 3.63) is 36.0 Å². The number of carboxylic acid groups (broad SMARTS) is 3. The van der Waals surface area contributed by atoms with Gasteiger partial charge in [0.2, 0.25) is 59.1 Å². The van der Waals surface area contributed by atoms with Crippen molar-refractivity contribution in [2.45, 2.75) is 186 Å². The largest absolute Gasteiger partial charge is 0.481 e. The molecule has 1 aromatic heterocycles. The zero-order valence-corrected chi connectivity index (χ0v) is 49.4. The Bertz CT molecular complexity index is 2720. The molecule has 3 rings (SSSR count). The standard InChI is InChI=1S/C56H86N12O17/c1-9-30(8)46(67-47(75)33(57)16-18-43(71)72)54(82)60-35(17-19-44(73)74)55(83)68-20-12-15-41(68)52(80)66-45(29(6)7)53(81)63-37(22-28(4)5)49(77)65-40(26-69)51(79)62-38(23-31-25-59-34-14-11-10-13-32(31)34)50(78)61-36(21-27(2)3)48(76)64-39(56(84)85)24-42(58)70/h10-11,13-14,25,27-30,33,35-41,45-46,59,69H,9,12,15-24,26,57H2,1-8H3,(H2,58,70)(H,60,82)(H,61,78)(H,62,79)(H,63,81)(H,64,76)(H,65,77)(H,66,80)(H,67,75)(H,71,72)(H,73,74)(H,84,85)/t30-,33-,35-,36-,37-,38-,39-,40-,41-,45-,46-/m0/s1. The van der Waals surface area contributed by atoms with E-state index in [0.29, 0.717) is 22.9 Å². The average molecular weight is 1200 g/mol. The van der Waals surface area contributed by atoms with Crippen molar-refractivity contribution in [3.63, 3.8) is 0 Å². The maximum atomic E-state index is 14.3. The van der Waals surface area contributed by atoms with Gasteiger partial charge in [-0.2, -0.15) is 0 Å². The molecule has 11 atom stereocenters. The highest BCUT2D eigenvalue weighted by Crippen LogP contribution is 2.23. The Morgan fingerprint density at radius 1 is 0.624 bits per heavy atom. The summed E-state index contributed by atoms with van der Waals surface area (Å²) in [4.78, 5) is 176. The van der Waals surface area contributed by atoms with E-state index in [2.05, 4.69) is 47.5 Å². The van der Waals surface area contributed by atoms with Crippen LogP contribution >= 0.6 is 0 Å². The van der Waals surface area contributed by atoms with Gasteiger partial charge in [-0.15, -0.1) is 0 Å². The molecule has 1 fully saturated rings. The normalized spacial score (nSPS) is 16.7. The Kier molecular flexibility index (Phi) is 28.4. The van der Waals surface area contributed by atoms with Crippen molar-refractivity contribution < 1.29 is 82.8 Å². The Morgan fingerprint density at radius 2 is 1.13 bits per heavy atom. The first-order valence-electron chi connectivity index (χ1n) is 28.5. The molecular weight excluding hydrogens is 1110 g/mol. The molecule has 1 saturated heterocycles. The van der Waals surface area contributed by atoms with Gasteiger partial charge in [-0.1, -0.05) is 80.0 Å². The predicted octanol–water partition coefficient (Wildman–Crippen LogP) is -1.62. The molecule has 0 bridgehead atoms. The second kappa shape index (κ2) is 33.9. The van der Waals surface area contributed by atoms with E-state index >= 15 is 0 Å². The highest BCUT2D eigenvalue weighted by Gasteiger charge is 2.42. The van der Waals surface area contributed by atoms with Gasteiger partial charge in [-0.3, -0.25) is 57.5 Å². The number of nitrogens with zero attached hydrogens (tertiary/aromatic N) is 1. The molecule has 2 aromatic rings. The quantitative estimate of drug-likeness (QED) is 0.0365. The summed E-state index contributed by atoms with van der Waals surface area (Å²) in [6.45, 7) is 12.5. The van der Waals surface area contributed by atoms with Gasteiger partial charge in [0.1, 0.15) is 54.4 Å². The molecule has 0 spiro atoms. The number of aromatic amines is 1. The van der Waals surface area contributed by atoms with E-state index < -0.39 is 182 Å². The zero-order chi connectivity index (χ0) is 64.0. The SMILES string of the molecule is CC[C@H](C)[C@H](NC(=O)[C@@H](N)CCC(=O)O)C(=O)N[C@@H](CCC(=O)O)C(=O)N1CCC[C@H]1C(=O)N[C@H](C(=O)N[C@@H](CC(C)C)C(=O)N[C@@H](CO)C(=O)N[C@@H](Cc1c[nH]c2ccccc12)C(=O)N[C@@H](CC(C)C)C(=O)N[C@@H](CC(N)=O)C(=O)O)C(C)C. The van der Waals surface area contributed by atoms with E-state index in [9.17, 15) is 77.6 Å². The number of carbonyl (C=O) groups excluding carboxylic acids is 10. The minimum Gasteiger partial charge on any atom is -0.481 e. The second-order valence-corrected chi connectivity index (χ2v) is 22.6. The molecule has 0 radical (unpaired) electrons. The van der Waals surface area contributed by atoms with E-state index in [1.807, 2.05) is 0 Å². The summed E-state index contributed by atoms with van der Waals surface area (Å²) in [5.41, 5.74) is 12.3. The fourth-order valence-electron chi connectivity index (χ4n) is 9.53. The summed E-state index contributed by atoms with van der Waals surface area (Å²) in [6.07, 6.45) is -0.322. The summed E-state index contributed by atoms with van der Waals surface area (Å²) >= 11 is 0. The fraction of sp³-hybridized carbons (Fsp3) is 0.625. The number of nitrogens with one attached hydrogen (secondary N) is 9. The molecule has 29 nitrogen and oxygen atoms in total. The number of hydrogen-bond acceptors (Lipinski definition) is 15. The smallest absolute Gasteiger partial charge is 0.326 e. The number of H-pyrrole nitrogens is 1. The Balaban J connectivity index is 1.86. The number of aliphatic hydroxyl groups excluding tert-OH is 1. The summed E-state index contributed by atoms with van der Waals surface area (Å²) in [6, 6.07) is -7.37. The van der Waals surface area contributed by atoms with E-state index in [4.69, 9.17) is 16.6 Å². The van der Waals surface area contributed by atoms with Crippen molar-refractivity contribution >= 4 is 87.9 Å². The van der Waals surface area contributed by atoms with Gasteiger partial charge < -0.3 is 84.3 Å². The lowest BCUT2D eigenvalue weighted by molar-refractivity contribution is -0.144.